The summed E-state index contributed by atoms with van der Waals surface area (Å²) in [5.41, 5.74) is 6.39. The van der Waals surface area contributed by atoms with Crippen LogP contribution in [0, 0.1) is 0 Å². The standard InChI is InChI=1S/C12H23N5/c1-10-4-3-5-11(2)17(10)7-6-16-9-12(8-13)14-15-16/h9-11H,3-8,13H2,1-2H3. The van der Waals surface area contributed by atoms with Gasteiger partial charge in [0.1, 0.15) is 0 Å². The topological polar surface area (TPSA) is 60.0 Å². The predicted octanol–water partition coefficient (Wildman–Crippen LogP) is 1.000. The molecule has 2 atom stereocenters. The summed E-state index contributed by atoms with van der Waals surface area (Å²) in [6.45, 7) is 7.07. The summed E-state index contributed by atoms with van der Waals surface area (Å²) in [5, 5.41) is 8.09. The molecule has 96 valence electrons. The Balaban J connectivity index is 1.87. The predicted molar refractivity (Wildman–Crippen MR) is 67.4 cm³/mol. The van der Waals surface area contributed by atoms with Gasteiger partial charge in [0, 0.05) is 31.4 Å². The van der Waals surface area contributed by atoms with Crippen molar-refractivity contribution in [2.24, 2.45) is 5.73 Å². The van der Waals surface area contributed by atoms with Crippen molar-refractivity contribution < 1.29 is 0 Å². The van der Waals surface area contributed by atoms with E-state index in [1.54, 1.807) is 0 Å². The maximum absolute atomic E-state index is 5.52. The van der Waals surface area contributed by atoms with E-state index in [4.69, 9.17) is 5.73 Å². The second kappa shape index (κ2) is 5.60. The van der Waals surface area contributed by atoms with Crippen LogP contribution in [0.2, 0.25) is 0 Å². The molecule has 5 heteroatoms. The molecule has 5 nitrogen and oxygen atoms in total. The van der Waals surface area contributed by atoms with Crippen molar-refractivity contribution in [3.8, 4) is 0 Å². The lowest BCUT2D eigenvalue weighted by atomic mass is 9.98. The molecule has 0 aliphatic carbocycles. The van der Waals surface area contributed by atoms with Crippen LogP contribution >= 0.6 is 0 Å². The molecule has 1 aromatic rings. The van der Waals surface area contributed by atoms with Gasteiger partial charge in [0.15, 0.2) is 0 Å². The Labute approximate surface area is 103 Å². The van der Waals surface area contributed by atoms with E-state index < -0.39 is 0 Å². The summed E-state index contributed by atoms with van der Waals surface area (Å²) < 4.78 is 1.90. The smallest absolute Gasteiger partial charge is 0.0962 e. The van der Waals surface area contributed by atoms with Gasteiger partial charge in [-0.1, -0.05) is 11.6 Å². The van der Waals surface area contributed by atoms with Gasteiger partial charge in [-0.3, -0.25) is 9.58 Å². The number of aromatic nitrogens is 3. The van der Waals surface area contributed by atoms with E-state index in [0.29, 0.717) is 18.6 Å². The molecule has 0 saturated carbocycles. The second-order valence-corrected chi connectivity index (χ2v) is 5.04. The normalized spacial score (nSPS) is 26.3. The molecular weight excluding hydrogens is 214 g/mol. The number of hydrogen-bond acceptors (Lipinski definition) is 4. The summed E-state index contributed by atoms with van der Waals surface area (Å²) in [4.78, 5) is 2.58. The minimum atomic E-state index is 0.469. The number of piperidine rings is 1. The van der Waals surface area contributed by atoms with Crippen molar-refractivity contribution >= 4 is 0 Å². The lowest BCUT2D eigenvalue weighted by molar-refractivity contribution is 0.0976. The first kappa shape index (κ1) is 12.5. The van der Waals surface area contributed by atoms with Crippen LogP contribution in [0.1, 0.15) is 38.8 Å². The van der Waals surface area contributed by atoms with E-state index in [9.17, 15) is 0 Å². The van der Waals surface area contributed by atoms with E-state index in [0.717, 1.165) is 18.8 Å². The molecule has 1 aliphatic rings. The van der Waals surface area contributed by atoms with Gasteiger partial charge in [-0.25, -0.2) is 0 Å². The Morgan fingerprint density at radius 3 is 2.59 bits per heavy atom. The molecule has 1 aliphatic heterocycles. The minimum Gasteiger partial charge on any atom is -0.325 e. The average molecular weight is 237 g/mol. The van der Waals surface area contributed by atoms with E-state index >= 15 is 0 Å². The summed E-state index contributed by atoms with van der Waals surface area (Å²) in [6, 6.07) is 1.38. The van der Waals surface area contributed by atoms with E-state index in [-0.39, 0.29) is 0 Å². The third kappa shape index (κ3) is 3.04. The molecule has 1 aromatic heterocycles. The zero-order valence-corrected chi connectivity index (χ0v) is 10.8. The lowest BCUT2D eigenvalue weighted by Crippen LogP contribution is -2.45. The van der Waals surface area contributed by atoms with Crippen LogP contribution in [0.4, 0.5) is 0 Å². The number of nitrogens with zero attached hydrogens (tertiary/aromatic N) is 4. The molecule has 0 bridgehead atoms. The fourth-order valence-corrected chi connectivity index (χ4v) is 2.67. The van der Waals surface area contributed by atoms with Crippen LogP contribution in [-0.4, -0.2) is 38.5 Å². The third-order valence-corrected chi connectivity index (χ3v) is 3.76. The van der Waals surface area contributed by atoms with Crippen LogP contribution in [0.5, 0.6) is 0 Å². The molecule has 0 amide bonds. The fraction of sp³-hybridized carbons (Fsp3) is 0.833. The number of rotatable bonds is 4. The van der Waals surface area contributed by atoms with Gasteiger partial charge in [0.25, 0.3) is 0 Å². The highest BCUT2D eigenvalue weighted by atomic mass is 15.4. The van der Waals surface area contributed by atoms with Crippen molar-refractivity contribution in [3.05, 3.63) is 11.9 Å². The van der Waals surface area contributed by atoms with Gasteiger partial charge < -0.3 is 5.73 Å². The first-order valence-corrected chi connectivity index (χ1v) is 6.55. The summed E-state index contributed by atoms with van der Waals surface area (Å²) in [5.74, 6) is 0. The number of nitrogens with two attached hydrogens (primary N) is 1. The second-order valence-electron chi connectivity index (χ2n) is 5.04. The van der Waals surface area contributed by atoms with Crippen LogP contribution in [-0.2, 0) is 13.1 Å². The van der Waals surface area contributed by atoms with Gasteiger partial charge in [0.2, 0.25) is 0 Å². The maximum atomic E-state index is 5.52. The van der Waals surface area contributed by atoms with E-state index in [1.165, 1.54) is 19.3 Å². The van der Waals surface area contributed by atoms with Gasteiger partial charge in [-0.05, 0) is 26.7 Å². The van der Waals surface area contributed by atoms with Crippen molar-refractivity contribution in [3.63, 3.8) is 0 Å². The highest BCUT2D eigenvalue weighted by molar-refractivity contribution is 4.90. The summed E-state index contributed by atoms with van der Waals surface area (Å²) in [7, 11) is 0. The van der Waals surface area contributed by atoms with Crippen LogP contribution in [0.15, 0.2) is 6.20 Å². The van der Waals surface area contributed by atoms with Crippen LogP contribution in [0.25, 0.3) is 0 Å². The molecule has 1 fully saturated rings. The van der Waals surface area contributed by atoms with Crippen molar-refractivity contribution in [2.75, 3.05) is 6.54 Å². The third-order valence-electron chi connectivity index (χ3n) is 3.76. The summed E-state index contributed by atoms with van der Waals surface area (Å²) in [6.07, 6.45) is 5.93. The Morgan fingerprint density at radius 1 is 1.29 bits per heavy atom. The largest absolute Gasteiger partial charge is 0.325 e. The van der Waals surface area contributed by atoms with Gasteiger partial charge in [-0.15, -0.1) is 5.10 Å². The Hall–Kier alpha value is -0.940. The highest BCUT2D eigenvalue weighted by Crippen LogP contribution is 2.21. The first-order valence-electron chi connectivity index (χ1n) is 6.55. The molecule has 0 aromatic carbocycles. The van der Waals surface area contributed by atoms with Gasteiger partial charge in [-0.2, -0.15) is 0 Å². The maximum Gasteiger partial charge on any atom is 0.0962 e. The van der Waals surface area contributed by atoms with Crippen LogP contribution in [0.3, 0.4) is 0 Å². The highest BCUT2D eigenvalue weighted by Gasteiger charge is 2.24. The number of likely N-dealkylation sites (tertiary alicyclic amines) is 1. The fourth-order valence-electron chi connectivity index (χ4n) is 2.67. The van der Waals surface area contributed by atoms with Crippen LogP contribution < -0.4 is 5.73 Å². The van der Waals surface area contributed by atoms with Crippen molar-refractivity contribution in [1.29, 1.82) is 0 Å². The molecule has 0 radical (unpaired) electrons. The van der Waals surface area contributed by atoms with Gasteiger partial charge >= 0.3 is 0 Å². The molecule has 2 heterocycles. The Kier molecular flexibility index (Phi) is 4.12. The molecule has 1 saturated heterocycles. The SMILES string of the molecule is CC1CCCC(C)N1CCn1cc(CN)nn1. The summed E-state index contributed by atoms with van der Waals surface area (Å²) >= 11 is 0. The quantitative estimate of drug-likeness (QED) is 0.848. The Morgan fingerprint density at radius 2 is 2.00 bits per heavy atom. The minimum absolute atomic E-state index is 0.469. The molecule has 2 N–H and O–H groups in total. The monoisotopic (exact) mass is 237 g/mol. The average Bonchev–Trinajstić information content (AvgIpc) is 2.76. The Bertz CT molecular complexity index is 338. The van der Waals surface area contributed by atoms with Crippen molar-refractivity contribution in [2.45, 2.75) is 58.3 Å². The van der Waals surface area contributed by atoms with Crippen molar-refractivity contribution in [1.82, 2.24) is 19.9 Å². The van der Waals surface area contributed by atoms with E-state index in [1.807, 2.05) is 10.9 Å². The van der Waals surface area contributed by atoms with Gasteiger partial charge in [0.05, 0.1) is 12.2 Å². The molecule has 17 heavy (non-hydrogen) atoms. The zero-order valence-electron chi connectivity index (χ0n) is 10.8. The number of hydrogen-bond donors (Lipinski definition) is 1. The molecule has 2 rings (SSSR count). The molecular formula is C12H23N5. The molecule has 0 spiro atoms. The first-order chi connectivity index (χ1) is 8.20. The lowest BCUT2D eigenvalue weighted by Gasteiger charge is -2.38. The zero-order chi connectivity index (χ0) is 12.3. The molecule has 2 unspecified atom stereocenters. The van der Waals surface area contributed by atoms with E-state index in [2.05, 4.69) is 29.1 Å².